The summed E-state index contributed by atoms with van der Waals surface area (Å²) in [4.78, 5) is 3.64. The molecule has 0 fully saturated rings. The van der Waals surface area contributed by atoms with Crippen molar-refractivity contribution >= 4 is 17.3 Å². The Balaban J connectivity index is 2.26. The van der Waals surface area contributed by atoms with Gasteiger partial charge < -0.3 is 10.3 Å². The quantitative estimate of drug-likeness (QED) is 0.857. The van der Waals surface area contributed by atoms with Crippen molar-refractivity contribution in [1.29, 1.82) is 0 Å². The number of nitrogen functional groups attached to an aromatic ring is 1. The molecule has 0 saturated carbocycles. The van der Waals surface area contributed by atoms with Crippen molar-refractivity contribution in [3.8, 4) is 11.5 Å². The highest BCUT2D eigenvalue weighted by Crippen LogP contribution is 2.26. The Kier molecular flexibility index (Phi) is 3.16. The van der Waals surface area contributed by atoms with Crippen molar-refractivity contribution < 1.29 is 17.7 Å². The smallest absolute Gasteiger partial charge is 0.396 e. The van der Waals surface area contributed by atoms with Gasteiger partial charge in [-0.25, -0.2) is 0 Å². The van der Waals surface area contributed by atoms with Crippen LogP contribution in [0, 0.1) is 0 Å². The lowest BCUT2D eigenvalue weighted by Gasteiger charge is -2.00. The molecule has 2 N–H and O–H groups in total. The van der Waals surface area contributed by atoms with Gasteiger partial charge in [0.2, 0.25) is 0 Å². The van der Waals surface area contributed by atoms with E-state index in [1.54, 1.807) is 0 Å². The second kappa shape index (κ2) is 4.49. The number of rotatable bonds is 2. The fourth-order valence-electron chi connectivity index (χ4n) is 1.30. The number of hydrogen-bond acceptors (Lipinski definition) is 4. The zero-order valence-corrected chi connectivity index (χ0v) is 9.59. The number of halogens is 4. The summed E-state index contributed by atoms with van der Waals surface area (Å²) in [5.74, 6) is -0.455. The lowest BCUT2D eigenvalue weighted by molar-refractivity contribution is -0.128. The van der Waals surface area contributed by atoms with E-state index in [-0.39, 0.29) is 11.6 Å². The number of nitrogens with two attached hydrogens (primary N) is 1. The number of anilines is 1. The molecule has 2 aromatic rings. The molecule has 0 spiro atoms. The van der Waals surface area contributed by atoms with Crippen molar-refractivity contribution in [3.63, 3.8) is 0 Å². The van der Waals surface area contributed by atoms with Gasteiger partial charge in [-0.3, -0.25) is 0 Å². The van der Waals surface area contributed by atoms with Gasteiger partial charge in [-0.05, 0) is 18.2 Å². The number of benzene rings is 1. The number of nitrogens with zero attached hydrogens (tertiary/aromatic N) is 2. The molecule has 0 unspecified atom stereocenters. The van der Waals surface area contributed by atoms with Gasteiger partial charge in [0.25, 0.3) is 5.89 Å². The van der Waals surface area contributed by atoms with Gasteiger partial charge in [-0.1, -0.05) is 16.8 Å². The SMILES string of the molecule is Nc1cc(-c2nc(CC(F)(F)F)no2)ccc1Cl. The summed E-state index contributed by atoms with van der Waals surface area (Å²) in [6.45, 7) is 0. The van der Waals surface area contributed by atoms with Crippen LogP contribution >= 0.6 is 11.6 Å². The molecule has 8 heteroatoms. The van der Waals surface area contributed by atoms with E-state index in [4.69, 9.17) is 21.9 Å². The van der Waals surface area contributed by atoms with E-state index in [2.05, 4.69) is 10.1 Å². The molecule has 0 aliphatic heterocycles. The molecule has 96 valence electrons. The minimum atomic E-state index is -4.37. The minimum absolute atomic E-state index is 0.0300. The van der Waals surface area contributed by atoms with Crippen LogP contribution in [0.2, 0.25) is 5.02 Å². The van der Waals surface area contributed by atoms with Gasteiger partial charge in [0.05, 0.1) is 10.7 Å². The molecule has 1 aromatic carbocycles. The average molecular weight is 278 g/mol. The van der Waals surface area contributed by atoms with Crippen molar-refractivity contribution in [2.45, 2.75) is 12.6 Å². The van der Waals surface area contributed by atoms with Crippen molar-refractivity contribution in [2.24, 2.45) is 0 Å². The highest BCUT2D eigenvalue weighted by Gasteiger charge is 2.30. The van der Waals surface area contributed by atoms with Crippen LogP contribution in [0.5, 0.6) is 0 Å². The molecule has 18 heavy (non-hydrogen) atoms. The van der Waals surface area contributed by atoms with E-state index in [0.717, 1.165) is 0 Å². The van der Waals surface area contributed by atoms with Crippen LogP contribution in [0.15, 0.2) is 22.7 Å². The van der Waals surface area contributed by atoms with E-state index in [0.29, 0.717) is 10.6 Å². The maximum atomic E-state index is 12.1. The van der Waals surface area contributed by atoms with E-state index in [9.17, 15) is 13.2 Å². The van der Waals surface area contributed by atoms with Crippen LogP contribution < -0.4 is 5.73 Å². The first-order chi connectivity index (χ1) is 8.35. The van der Waals surface area contributed by atoms with E-state index in [1.165, 1.54) is 18.2 Å². The number of alkyl halides is 3. The molecular formula is C10H7ClF3N3O. The van der Waals surface area contributed by atoms with Crippen LogP contribution in [-0.2, 0) is 6.42 Å². The summed E-state index contributed by atoms with van der Waals surface area (Å²) >= 11 is 5.72. The molecular weight excluding hydrogens is 271 g/mol. The molecule has 0 aliphatic rings. The summed E-state index contributed by atoms with van der Waals surface area (Å²) in [7, 11) is 0. The topological polar surface area (TPSA) is 64.9 Å². The van der Waals surface area contributed by atoms with Gasteiger partial charge in [0.1, 0.15) is 6.42 Å². The summed E-state index contributed by atoms with van der Waals surface area (Å²) < 4.78 is 41.1. The molecule has 0 atom stereocenters. The molecule has 0 radical (unpaired) electrons. The summed E-state index contributed by atoms with van der Waals surface area (Å²) in [5, 5.41) is 3.59. The summed E-state index contributed by atoms with van der Waals surface area (Å²) in [6.07, 6.45) is -5.61. The molecule has 4 nitrogen and oxygen atoms in total. The van der Waals surface area contributed by atoms with E-state index in [1.807, 2.05) is 0 Å². The Morgan fingerprint density at radius 2 is 2.06 bits per heavy atom. The third-order valence-electron chi connectivity index (χ3n) is 2.07. The summed E-state index contributed by atoms with van der Waals surface area (Å²) in [6, 6.07) is 4.48. The lowest BCUT2D eigenvalue weighted by Crippen LogP contribution is -2.12. The Labute approximate surface area is 105 Å². The molecule has 2 rings (SSSR count). The molecule has 1 aromatic heterocycles. The molecule has 0 saturated heterocycles. The van der Waals surface area contributed by atoms with Gasteiger partial charge >= 0.3 is 6.18 Å². The highest BCUT2D eigenvalue weighted by atomic mass is 35.5. The monoisotopic (exact) mass is 277 g/mol. The van der Waals surface area contributed by atoms with Crippen molar-refractivity contribution in [3.05, 3.63) is 29.0 Å². The molecule has 0 amide bonds. The van der Waals surface area contributed by atoms with Crippen LogP contribution in [-0.4, -0.2) is 16.3 Å². The van der Waals surface area contributed by atoms with Gasteiger partial charge in [0, 0.05) is 5.56 Å². The van der Waals surface area contributed by atoms with Crippen molar-refractivity contribution in [2.75, 3.05) is 5.73 Å². The minimum Gasteiger partial charge on any atom is -0.398 e. The number of aromatic nitrogens is 2. The van der Waals surface area contributed by atoms with Crippen molar-refractivity contribution in [1.82, 2.24) is 10.1 Å². The predicted octanol–water partition coefficient (Wildman–Crippen LogP) is 3.08. The van der Waals surface area contributed by atoms with Gasteiger partial charge in [-0.15, -0.1) is 0 Å². The van der Waals surface area contributed by atoms with Crippen LogP contribution in [0.1, 0.15) is 5.82 Å². The van der Waals surface area contributed by atoms with E-state index < -0.39 is 18.4 Å². The lowest BCUT2D eigenvalue weighted by atomic mass is 10.2. The first-order valence-electron chi connectivity index (χ1n) is 4.80. The first kappa shape index (κ1) is 12.7. The average Bonchev–Trinajstić information content (AvgIpc) is 2.68. The third kappa shape index (κ3) is 2.92. The Morgan fingerprint density at radius 1 is 1.33 bits per heavy atom. The number of hydrogen-bond donors (Lipinski definition) is 1. The zero-order valence-electron chi connectivity index (χ0n) is 8.83. The maximum Gasteiger partial charge on any atom is 0.396 e. The predicted molar refractivity (Wildman–Crippen MR) is 58.9 cm³/mol. The zero-order chi connectivity index (χ0) is 13.3. The first-order valence-corrected chi connectivity index (χ1v) is 5.18. The Bertz CT molecular complexity index is 568. The largest absolute Gasteiger partial charge is 0.398 e. The fourth-order valence-corrected chi connectivity index (χ4v) is 1.42. The van der Waals surface area contributed by atoms with Crippen LogP contribution in [0.4, 0.5) is 18.9 Å². The third-order valence-corrected chi connectivity index (χ3v) is 2.41. The summed E-state index contributed by atoms with van der Waals surface area (Å²) in [5.41, 5.74) is 6.26. The second-order valence-electron chi connectivity index (χ2n) is 3.54. The standard InChI is InChI=1S/C10H7ClF3N3O/c11-6-2-1-5(3-7(6)15)9-16-8(17-18-9)4-10(12,13)14/h1-3H,4,15H2. The fraction of sp³-hybridized carbons (Fsp3) is 0.200. The van der Waals surface area contributed by atoms with E-state index >= 15 is 0 Å². The Morgan fingerprint density at radius 3 is 2.67 bits per heavy atom. The van der Waals surface area contributed by atoms with Crippen LogP contribution in [0.25, 0.3) is 11.5 Å². The molecule has 1 heterocycles. The van der Waals surface area contributed by atoms with Crippen LogP contribution in [0.3, 0.4) is 0 Å². The molecule has 0 bridgehead atoms. The van der Waals surface area contributed by atoms with Gasteiger partial charge in [-0.2, -0.15) is 18.2 Å². The second-order valence-corrected chi connectivity index (χ2v) is 3.95. The molecule has 0 aliphatic carbocycles. The van der Waals surface area contributed by atoms with Gasteiger partial charge in [0.15, 0.2) is 5.82 Å². The Hall–Kier alpha value is -1.76. The highest BCUT2D eigenvalue weighted by molar-refractivity contribution is 6.33. The maximum absolute atomic E-state index is 12.1. The normalized spacial score (nSPS) is 11.8.